The molecule has 1 fully saturated rings. The number of carbonyl (C=O) groups is 1. The van der Waals surface area contributed by atoms with Crippen molar-refractivity contribution in [2.24, 2.45) is 11.8 Å². The molecule has 1 aromatic carbocycles. The smallest absolute Gasteiger partial charge is 0.230 e. The topological polar surface area (TPSA) is 44.1 Å². The maximum Gasteiger partial charge on any atom is 0.230 e. The van der Waals surface area contributed by atoms with Crippen molar-refractivity contribution in [3.63, 3.8) is 0 Å². The van der Waals surface area contributed by atoms with Crippen LogP contribution in [0, 0.1) is 23.2 Å². The summed E-state index contributed by atoms with van der Waals surface area (Å²) >= 11 is 0. The van der Waals surface area contributed by atoms with Crippen LogP contribution in [0.1, 0.15) is 44.6 Å². The maximum atomic E-state index is 12.9. The first-order valence-electron chi connectivity index (χ1n) is 7.90. The van der Waals surface area contributed by atoms with E-state index in [9.17, 15) is 4.79 Å². The van der Waals surface area contributed by atoms with Gasteiger partial charge in [0.15, 0.2) is 0 Å². The minimum Gasteiger partial charge on any atom is -0.342 e. The summed E-state index contributed by atoms with van der Waals surface area (Å²) in [6.07, 6.45) is 2.61. The first-order valence-corrected chi connectivity index (χ1v) is 7.90. The molecule has 0 aromatic heterocycles. The van der Waals surface area contributed by atoms with Gasteiger partial charge >= 0.3 is 0 Å². The zero-order chi connectivity index (χ0) is 15.2. The molecule has 0 bridgehead atoms. The number of rotatable bonds is 4. The van der Waals surface area contributed by atoms with Gasteiger partial charge in [0.2, 0.25) is 5.91 Å². The van der Waals surface area contributed by atoms with Crippen LogP contribution in [0.3, 0.4) is 0 Å². The highest BCUT2D eigenvalue weighted by molar-refractivity contribution is 5.84. The standard InChI is InChI=1S/C18H24N2O/c1-3-14(2)17(16-7-5-4-6-8-16)18(21)20-11-9-15(13-19)10-12-20/h4-8,14-15,17H,3,9-12H2,1-2H3. The highest BCUT2D eigenvalue weighted by Gasteiger charge is 2.31. The summed E-state index contributed by atoms with van der Waals surface area (Å²) in [7, 11) is 0. The number of piperidine rings is 1. The highest BCUT2D eigenvalue weighted by Crippen LogP contribution is 2.30. The molecular formula is C18H24N2O. The Bertz CT molecular complexity index is 498. The molecule has 0 radical (unpaired) electrons. The number of nitriles is 1. The van der Waals surface area contributed by atoms with Crippen LogP contribution in [-0.2, 0) is 4.79 Å². The number of carbonyl (C=O) groups excluding carboxylic acids is 1. The van der Waals surface area contributed by atoms with Crippen molar-refractivity contribution in [1.82, 2.24) is 4.90 Å². The molecule has 0 N–H and O–H groups in total. The fourth-order valence-electron chi connectivity index (χ4n) is 3.04. The van der Waals surface area contributed by atoms with E-state index in [1.807, 2.05) is 23.1 Å². The van der Waals surface area contributed by atoms with E-state index < -0.39 is 0 Å². The second kappa shape index (κ2) is 7.26. The zero-order valence-corrected chi connectivity index (χ0v) is 13.0. The van der Waals surface area contributed by atoms with Crippen molar-refractivity contribution in [2.45, 2.75) is 39.0 Å². The van der Waals surface area contributed by atoms with Crippen LogP contribution in [0.4, 0.5) is 0 Å². The van der Waals surface area contributed by atoms with Gasteiger partial charge in [0.05, 0.1) is 12.0 Å². The zero-order valence-electron chi connectivity index (χ0n) is 13.0. The third-order valence-corrected chi connectivity index (χ3v) is 4.63. The van der Waals surface area contributed by atoms with Crippen LogP contribution < -0.4 is 0 Å². The summed E-state index contributed by atoms with van der Waals surface area (Å²) < 4.78 is 0. The Kier molecular flexibility index (Phi) is 5.38. The molecule has 2 unspecified atom stereocenters. The lowest BCUT2D eigenvalue weighted by Crippen LogP contribution is -2.42. The first kappa shape index (κ1) is 15.6. The molecule has 1 aromatic rings. The van der Waals surface area contributed by atoms with Gasteiger partial charge < -0.3 is 4.90 Å². The molecule has 0 spiro atoms. The molecular weight excluding hydrogens is 260 g/mol. The molecule has 1 heterocycles. The molecule has 0 aliphatic carbocycles. The van der Waals surface area contributed by atoms with Gasteiger partial charge in [-0.25, -0.2) is 0 Å². The number of hydrogen-bond acceptors (Lipinski definition) is 2. The predicted octanol–water partition coefficient (Wildman–Crippen LogP) is 3.58. The summed E-state index contributed by atoms with van der Waals surface area (Å²) in [6.45, 7) is 5.72. The van der Waals surface area contributed by atoms with E-state index >= 15 is 0 Å². The Morgan fingerprint density at radius 3 is 2.48 bits per heavy atom. The van der Waals surface area contributed by atoms with Gasteiger partial charge in [-0.3, -0.25) is 4.79 Å². The Labute approximate surface area is 127 Å². The van der Waals surface area contributed by atoms with Crippen molar-refractivity contribution >= 4 is 5.91 Å². The molecule has 1 aliphatic heterocycles. The first-order chi connectivity index (χ1) is 10.2. The van der Waals surface area contributed by atoms with Gasteiger partial charge in [-0.05, 0) is 24.3 Å². The van der Waals surface area contributed by atoms with Crippen molar-refractivity contribution < 1.29 is 4.79 Å². The van der Waals surface area contributed by atoms with Gasteiger partial charge in [-0.2, -0.15) is 5.26 Å². The summed E-state index contributed by atoms with van der Waals surface area (Å²) in [6, 6.07) is 12.4. The highest BCUT2D eigenvalue weighted by atomic mass is 16.2. The summed E-state index contributed by atoms with van der Waals surface area (Å²) in [4.78, 5) is 14.9. The van der Waals surface area contributed by atoms with Crippen molar-refractivity contribution in [2.75, 3.05) is 13.1 Å². The van der Waals surface area contributed by atoms with Crippen LogP contribution >= 0.6 is 0 Å². The molecule has 2 rings (SSSR count). The average molecular weight is 284 g/mol. The van der Waals surface area contributed by atoms with Gasteiger partial charge in [-0.15, -0.1) is 0 Å². The second-order valence-electron chi connectivity index (χ2n) is 6.00. The van der Waals surface area contributed by atoms with Crippen LogP contribution in [0.2, 0.25) is 0 Å². The van der Waals surface area contributed by atoms with E-state index in [1.54, 1.807) is 0 Å². The molecule has 0 saturated carbocycles. The van der Waals surface area contributed by atoms with E-state index in [0.29, 0.717) is 5.92 Å². The van der Waals surface area contributed by atoms with Crippen molar-refractivity contribution in [3.05, 3.63) is 35.9 Å². The molecule has 112 valence electrons. The monoisotopic (exact) mass is 284 g/mol. The van der Waals surface area contributed by atoms with Gasteiger partial charge in [-0.1, -0.05) is 50.6 Å². The quantitative estimate of drug-likeness (QED) is 0.848. The third kappa shape index (κ3) is 3.64. The fraction of sp³-hybridized carbons (Fsp3) is 0.556. The average Bonchev–Trinajstić information content (AvgIpc) is 2.55. The summed E-state index contributed by atoms with van der Waals surface area (Å²) in [5.41, 5.74) is 1.11. The van der Waals surface area contributed by atoms with Gasteiger partial charge in [0.1, 0.15) is 0 Å². The second-order valence-corrected chi connectivity index (χ2v) is 6.00. The molecule has 1 saturated heterocycles. The van der Waals surface area contributed by atoms with Crippen LogP contribution in [0.15, 0.2) is 30.3 Å². The number of benzene rings is 1. The molecule has 3 heteroatoms. The summed E-state index contributed by atoms with van der Waals surface area (Å²) in [5.74, 6) is 0.614. The fourth-order valence-corrected chi connectivity index (χ4v) is 3.04. The number of amides is 1. The van der Waals surface area contributed by atoms with E-state index in [0.717, 1.165) is 37.9 Å². The number of nitrogens with zero attached hydrogens (tertiary/aromatic N) is 2. The minimum atomic E-state index is -0.0603. The van der Waals surface area contributed by atoms with E-state index in [4.69, 9.17) is 5.26 Å². The normalized spacial score (nSPS) is 18.8. The van der Waals surface area contributed by atoms with Gasteiger partial charge in [0.25, 0.3) is 0 Å². The lowest BCUT2D eigenvalue weighted by molar-refractivity contribution is -0.135. The van der Waals surface area contributed by atoms with E-state index in [1.165, 1.54) is 0 Å². The predicted molar refractivity (Wildman–Crippen MR) is 83.6 cm³/mol. The molecule has 21 heavy (non-hydrogen) atoms. The molecule has 3 nitrogen and oxygen atoms in total. The minimum absolute atomic E-state index is 0.0603. The molecule has 1 amide bonds. The van der Waals surface area contributed by atoms with Crippen molar-refractivity contribution in [1.29, 1.82) is 5.26 Å². The molecule has 2 atom stereocenters. The lowest BCUT2D eigenvalue weighted by Gasteiger charge is -2.34. The van der Waals surface area contributed by atoms with E-state index in [2.05, 4.69) is 32.0 Å². The Hall–Kier alpha value is -1.82. The largest absolute Gasteiger partial charge is 0.342 e. The van der Waals surface area contributed by atoms with Crippen LogP contribution in [-0.4, -0.2) is 23.9 Å². The number of hydrogen-bond donors (Lipinski definition) is 0. The molecule has 1 aliphatic rings. The SMILES string of the molecule is CCC(C)C(C(=O)N1CCC(C#N)CC1)c1ccccc1. The Morgan fingerprint density at radius 1 is 1.33 bits per heavy atom. The Morgan fingerprint density at radius 2 is 1.95 bits per heavy atom. The number of likely N-dealkylation sites (tertiary alicyclic amines) is 1. The third-order valence-electron chi connectivity index (χ3n) is 4.63. The van der Waals surface area contributed by atoms with Crippen LogP contribution in [0.25, 0.3) is 0 Å². The van der Waals surface area contributed by atoms with Crippen molar-refractivity contribution in [3.8, 4) is 6.07 Å². The Balaban J connectivity index is 2.14. The lowest BCUT2D eigenvalue weighted by atomic mass is 9.83. The van der Waals surface area contributed by atoms with Crippen LogP contribution in [0.5, 0.6) is 0 Å². The summed E-state index contributed by atoms with van der Waals surface area (Å²) in [5, 5.41) is 8.98. The maximum absolute atomic E-state index is 12.9. The van der Waals surface area contributed by atoms with Gasteiger partial charge in [0, 0.05) is 19.0 Å². The van der Waals surface area contributed by atoms with E-state index in [-0.39, 0.29) is 17.7 Å².